The van der Waals surface area contributed by atoms with Gasteiger partial charge in [0, 0.05) is 56.2 Å². The van der Waals surface area contributed by atoms with Crippen molar-refractivity contribution in [2.75, 3.05) is 38.7 Å². The maximum absolute atomic E-state index is 12.5. The molecule has 2 fully saturated rings. The number of carbonyl (C=O) groups is 1. The fourth-order valence-corrected chi connectivity index (χ4v) is 4.68. The van der Waals surface area contributed by atoms with E-state index in [1.54, 1.807) is 6.20 Å². The number of nitrogens with zero attached hydrogens (tertiary/aromatic N) is 3. The number of carbonyl (C=O) groups excluding carboxylic acids is 1. The third-order valence-corrected chi connectivity index (χ3v) is 6.22. The summed E-state index contributed by atoms with van der Waals surface area (Å²) in [6.45, 7) is 5.29. The number of ether oxygens (including phenoxy) is 2. The summed E-state index contributed by atoms with van der Waals surface area (Å²) in [6.07, 6.45) is 5.51. The first-order valence-corrected chi connectivity index (χ1v) is 9.16. The summed E-state index contributed by atoms with van der Waals surface area (Å²) >= 11 is 2.00. The molecule has 0 aliphatic carbocycles. The van der Waals surface area contributed by atoms with Crippen LogP contribution >= 0.6 is 11.8 Å². The van der Waals surface area contributed by atoms with E-state index >= 15 is 0 Å². The molecule has 0 bridgehead atoms. The second kappa shape index (κ2) is 7.23. The van der Waals surface area contributed by atoms with Crippen molar-refractivity contribution in [2.45, 2.75) is 30.6 Å². The van der Waals surface area contributed by atoms with E-state index in [0.29, 0.717) is 0 Å². The van der Waals surface area contributed by atoms with Gasteiger partial charge in [0.2, 0.25) is 5.91 Å². The topological polar surface area (TPSA) is 56.6 Å². The first-order valence-electron chi connectivity index (χ1n) is 8.18. The zero-order chi connectivity index (χ0) is 16.3. The molecule has 3 heterocycles. The molecule has 6 nitrogen and oxygen atoms in total. The largest absolute Gasteiger partial charge is 0.381 e. The van der Waals surface area contributed by atoms with Gasteiger partial charge in [0.1, 0.15) is 18.5 Å². The molecule has 0 aromatic carbocycles. The van der Waals surface area contributed by atoms with E-state index in [9.17, 15) is 4.79 Å². The first-order chi connectivity index (χ1) is 11.1. The van der Waals surface area contributed by atoms with Gasteiger partial charge in [-0.15, -0.1) is 0 Å². The monoisotopic (exact) mass is 339 g/mol. The number of hydrogen-bond donors (Lipinski definition) is 0. The Balaban J connectivity index is 1.52. The number of rotatable bonds is 4. The minimum Gasteiger partial charge on any atom is -0.381 e. The molecule has 1 amide bonds. The SMILES string of the molecule is CC(OCC(=O)N1CCSC2(CCOCC2)C1)c1nccn1C. The summed E-state index contributed by atoms with van der Waals surface area (Å²) in [7, 11) is 1.93. The lowest BCUT2D eigenvalue weighted by atomic mass is 9.98. The van der Waals surface area contributed by atoms with E-state index < -0.39 is 0 Å². The Kier molecular flexibility index (Phi) is 5.28. The number of imidazole rings is 1. The number of hydrogen-bond acceptors (Lipinski definition) is 5. The van der Waals surface area contributed by atoms with Gasteiger partial charge in [-0.2, -0.15) is 11.8 Å². The lowest BCUT2D eigenvalue weighted by molar-refractivity contribution is -0.139. The van der Waals surface area contributed by atoms with Gasteiger partial charge in [-0.25, -0.2) is 4.98 Å². The molecule has 2 aliphatic rings. The second-order valence-corrected chi connectivity index (χ2v) is 7.87. The molecule has 1 spiro atoms. The highest BCUT2D eigenvalue weighted by Crippen LogP contribution is 2.39. The molecule has 1 unspecified atom stereocenters. The standard InChI is InChI=1S/C16H25N3O3S/c1-13(15-17-5-6-18(15)2)22-11-14(20)19-7-10-23-16(12-19)3-8-21-9-4-16/h5-6,13H,3-4,7-12H2,1-2H3. The molecular weight excluding hydrogens is 314 g/mol. The van der Waals surface area contributed by atoms with Crippen LogP contribution in [0, 0.1) is 0 Å². The molecule has 2 saturated heterocycles. The summed E-state index contributed by atoms with van der Waals surface area (Å²) in [5.74, 6) is 1.92. The molecule has 7 heteroatoms. The quantitative estimate of drug-likeness (QED) is 0.834. The molecule has 1 aromatic heterocycles. The second-order valence-electron chi connectivity index (χ2n) is 6.31. The van der Waals surface area contributed by atoms with Crippen molar-refractivity contribution in [3.05, 3.63) is 18.2 Å². The van der Waals surface area contributed by atoms with Crippen molar-refractivity contribution in [3.63, 3.8) is 0 Å². The summed E-state index contributed by atoms with van der Waals surface area (Å²) in [5, 5.41) is 0. The Morgan fingerprint density at radius 3 is 3.00 bits per heavy atom. The van der Waals surface area contributed by atoms with Crippen LogP contribution in [-0.4, -0.2) is 63.8 Å². The Bertz CT molecular complexity index is 537. The molecule has 23 heavy (non-hydrogen) atoms. The van der Waals surface area contributed by atoms with Gasteiger partial charge in [-0.05, 0) is 19.8 Å². The summed E-state index contributed by atoms with van der Waals surface area (Å²) in [5.41, 5.74) is 0. The number of aryl methyl sites for hydroxylation is 1. The van der Waals surface area contributed by atoms with E-state index in [1.165, 1.54) is 0 Å². The molecular formula is C16H25N3O3S. The molecule has 2 aliphatic heterocycles. The van der Waals surface area contributed by atoms with Crippen LogP contribution in [0.2, 0.25) is 0 Å². The molecule has 1 aromatic rings. The van der Waals surface area contributed by atoms with Crippen LogP contribution in [-0.2, 0) is 21.3 Å². The zero-order valence-electron chi connectivity index (χ0n) is 13.9. The van der Waals surface area contributed by atoms with Crippen LogP contribution in [0.5, 0.6) is 0 Å². The molecule has 0 saturated carbocycles. The minimum atomic E-state index is -0.185. The van der Waals surface area contributed by atoms with Gasteiger partial charge in [0.05, 0.1) is 0 Å². The van der Waals surface area contributed by atoms with Gasteiger partial charge in [0.25, 0.3) is 0 Å². The van der Waals surface area contributed by atoms with Crippen LogP contribution in [0.25, 0.3) is 0 Å². The van der Waals surface area contributed by atoms with Crippen molar-refractivity contribution in [2.24, 2.45) is 7.05 Å². The number of thioether (sulfide) groups is 1. The Morgan fingerprint density at radius 2 is 2.30 bits per heavy atom. The molecule has 128 valence electrons. The normalized spacial score (nSPS) is 22.3. The predicted molar refractivity (Wildman–Crippen MR) is 89.4 cm³/mol. The van der Waals surface area contributed by atoms with Gasteiger partial charge >= 0.3 is 0 Å². The van der Waals surface area contributed by atoms with Gasteiger partial charge in [-0.1, -0.05) is 0 Å². The predicted octanol–water partition coefficient (Wildman–Crippen LogP) is 1.62. The van der Waals surface area contributed by atoms with Crippen molar-refractivity contribution >= 4 is 17.7 Å². The molecule has 3 rings (SSSR count). The van der Waals surface area contributed by atoms with Gasteiger partial charge in [0.15, 0.2) is 0 Å². The van der Waals surface area contributed by atoms with Crippen LogP contribution in [0.3, 0.4) is 0 Å². The van der Waals surface area contributed by atoms with Crippen LogP contribution in [0.1, 0.15) is 31.7 Å². The fraction of sp³-hybridized carbons (Fsp3) is 0.750. The number of aromatic nitrogens is 2. The highest BCUT2D eigenvalue weighted by Gasteiger charge is 2.39. The van der Waals surface area contributed by atoms with Crippen LogP contribution in [0.4, 0.5) is 0 Å². The van der Waals surface area contributed by atoms with E-state index in [4.69, 9.17) is 9.47 Å². The van der Waals surface area contributed by atoms with Gasteiger partial charge < -0.3 is 18.9 Å². The molecule has 0 radical (unpaired) electrons. The smallest absolute Gasteiger partial charge is 0.248 e. The van der Waals surface area contributed by atoms with Gasteiger partial charge in [-0.3, -0.25) is 4.79 Å². The highest BCUT2D eigenvalue weighted by molar-refractivity contribution is 8.00. The van der Waals surface area contributed by atoms with Crippen molar-refractivity contribution in [3.8, 4) is 0 Å². The highest BCUT2D eigenvalue weighted by atomic mass is 32.2. The summed E-state index contributed by atoms with van der Waals surface area (Å²) < 4.78 is 13.3. The Morgan fingerprint density at radius 1 is 1.52 bits per heavy atom. The Labute approximate surface area is 141 Å². The maximum Gasteiger partial charge on any atom is 0.248 e. The van der Waals surface area contributed by atoms with Crippen LogP contribution in [0.15, 0.2) is 12.4 Å². The van der Waals surface area contributed by atoms with Crippen molar-refractivity contribution in [1.29, 1.82) is 0 Å². The van der Waals surface area contributed by atoms with Crippen LogP contribution < -0.4 is 0 Å². The van der Waals surface area contributed by atoms with E-state index in [-0.39, 0.29) is 23.4 Å². The van der Waals surface area contributed by atoms with Crippen molar-refractivity contribution in [1.82, 2.24) is 14.5 Å². The zero-order valence-corrected chi connectivity index (χ0v) is 14.7. The fourth-order valence-electron chi connectivity index (χ4n) is 3.23. The lowest BCUT2D eigenvalue weighted by Gasteiger charge is -2.44. The molecule has 1 atom stereocenters. The van der Waals surface area contributed by atoms with E-state index in [2.05, 4.69) is 4.98 Å². The third-order valence-electron chi connectivity index (χ3n) is 4.68. The minimum absolute atomic E-state index is 0.0808. The molecule has 0 N–H and O–H groups in total. The average Bonchev–Trinajstić information content (AvgIpc) is 2.99. The number of amides is 1. The summed E-state index contributed by atoms with van der Waals surface area (Å²) in [4.78, 5) is 18.8. The average molecular weight is 339 g/mol. The Hall–Kier alpha value is -1.05. The van der Waals surface area contributed by atoms with E-state index in [0.717, 1.165) is 50.7 Å². The third kappa shape index (κ3) is 3.89. The first kappa shape index (κ1) is 16.8. The summed E-state index contributed by atoms with van der Waals surface area (Å²) in [6, 6.07) is 0. The lowest BCUT2D eigenvalue weighted by Crippen LogP contribution is -2.52. The van der Waals surface area contributed by atoms with E-state index in [1.807, 2.05) is 41.4 Å². The van der Waals surface area contributed by atoms with Crippen molar-refractivity contribution < 1.29 is 14.3 Å². The maximum atomic E-state index is 12.5.